The van der Waals surface area contributed by atoms with Gasteiger partial charge in [-0.25, -0.2) is 9.97 Å². The summed E-state index contributed by atoms with van der Waals surface area (Å²) in [5.41, 5.74) is 0. The predicted molar refractivity (Wildman–Crippen MR) is 55.2 cm³/mol. The lowest BCUT2D eigenvalue weighted by Crippen LogP contribution is -2.18. The molecule has 4 heteroatoms. The Hall–Kier alpha value is -1.09. The molecule has 1 heterocycles. The normalized spacial score (nSPS) is 9.77. The zero-order valence-corrected chi connectivity index (χ0v) is 8.54. The molecule has 70 valence electrons. The second kappa shape index (κ2) is 4.23. The number of rotatable bonds is 3. The quantitative estimate of drug-likeness (QED) is 0.549. The van der Waals surface area contributed by atoms with E-state index in [1.165, 1.54) is 0 Å². The lowest BCUT2D eigenvalue weighted by Gasteiger charge is -2.15. The first-order valence-electron chi connectivity index (χ1n) is 3.96. The summed E-state index contributed by atoms with van der Waals surface area (Å²) in [4.78, 5) is 10.2. The fraction of sp³-hybridized carbons (Fsp3) is 0.333. The van der Waals surface area contributed by atoms with Gasteiger partial charge in [-0.1, -0.05) is 17.7 Å². The van der Waals surface area contributed by atoms with Gasteiger partial charge in [0.05, 0.1) is 0 Å². The third kappa shape index (κ3) is 2.70. The number of halogens is 1. The first-order chi connectivity index (χ1) is 6.13. The van der Waals surface area contributed by atoms with Gasteiger partial charge in [0.2, 0.25) is 0 Å². The molecule has 0 bridgehead atoms. The Balaban J connectivity index is 2.93. The molecule has 0 unspecified atom stereocenters. The Bertz CT molecular complexity index is 291. The molecule has 0 amide bonds. The van der Waals surface area contributed by atoms with Crippen molar-refractivity contribution in [3.05, 3.63) is 29.7 Å². The highest BCUT2D eigenvalue weighted by Gasteiger charge is 2.03. The minimum Gasteiger partial charge on any atom is -0.356 e. The molecule has 0 aromatic carbocycles. The van der Waals surface area contributed by atoms with Crippen LogP contribution in [0.3, 0.4) is 0 Å². The second-order valence-electron chi connectivity index (χ2n) is 2.77. The summed E-state index contributed by atoms with van der Waals surface area (Å²) in [6, 6.07) is 1.73. The van der Waals surface area contributed by atoms with E-state index >= 15 is 0 Å². The number of likely N-dealkylation sites (N-methyl/N-ethyl adjacent to an activating group) is 1. The van der Waals surface area contributed by atoms with Gasteiger partial charge in [0.25, 0.3) is 0 Å². The lowest BCUT2D eigenvalue weighted by molar-refractivity contribution is 0.948. The van der Waals surface area contributed by atoms with Crippen LogP contribution in [-0.2, 0) is 0 Å². The molecule has 13 heavy (non-hydrogen) atoms. The Morgan fingerprint density at radius 1 is 1.62 bits per heavy atom. The number of aryl methyl sites for hydroxylation is 1. The fourth-order valence-electron chi connectivity index (χ4n) is 0.999. The van der Waals surface area contributed by atoms with Crippen molar-refractivity contribution in [3.8, 4) is 0 Å². The van der Waals surface area contributed by atoms with E-state index in [2.05, 4.69) is 16.5 Å². The van der Waals surface area contributed by atoms with Crippen molar-refractivity contribution in [3.63, 3.8) is 0 Å². The third-order valence-electron chi connectivity index (χ3n) is 1.59. The molecule has 1 aromatic heterocycles. The second-order valence-corrected chi connectivity index (χ2v) is 3.15. The Labute approximate surface area is 83.1 Å². The average molecular weight is 198 g/mol. The first-order valence-corrected chi connectivity index (χ1v) is 4.34. The van der Waals surface area contributed by atoms with Gasteiger partial charge < -0.3 is 4.90 Å². The van der Waals surface area contributed by atoms with Gasteiger partial charge in [0, 0.05) is 19.7 Å². The van der Waals surface area contributed by atoms with Gasteiger partial charge in [0.15, 0.2) is 0 Å². The minimum atomic E-state index is 0.471. The van der Waals surface area contributed by atoms with E-state index < -0.39 is 0 Å². The van der Waals surface area contributed by atoms with E-state index in [0.29, 0.717) is 11.0 Å². The van der Waals surface area contributed by atoms with E-state index in [-0.39, 0.29) is 0 Å². The number of anilines is 1. The molecular formula is C9H12ClN3. The maximum absolute atomic E-state index is 5.79. The molecule has 0 aliphatic rings. The summed E-state index contributed by atoms with van der Waals surface area (Å²) in [6.45, 7) is 6.21. The van der Waals surface area contributed by atoms with Crippen LogP contribution in [0.5, 0.6) is 0 Å². The van der Waals surface area contributed by atoms with Gasteiger partial charge in [-0.2, -0.15) is 0 Å². The number of nitrogens with zero attached hydrogens (tertiary/aromatic N) is 3. The molecule has 0 saturated carbocycles. The van der Waals surface area contributed by atoms with Gasteiger partial charge in [-0.3, -0.25) is 0 Å². The largest absolute Gasteiger partial charge is 0.356 e. The fourth-order valence-corrected chi connectivity index (χ4v) is 1.22. The van der Waals surface area contributed by atoms with Crippen LogP contribution >= 0.6 is 11.6 Å². The van der Waals surface area contributed by atoms with E-state index in [9.17, 15) is 0 Å². The molecule has 0 aliphatic carbocycles. The predicted octanol–water partition coefficient (Wildman–Crippen LogP) is 2.06. The van der Waals surface area contributed by atoms with Crippen molar-refractivity contribution >= 4 is 17.4 Å². The standard InChI is InChI=1S/C9H12ClN3/c1-4-5-13(3)9-6-8(10)11-7(2)12-9/h4,6H,1,5H2,2-3H3. The molecule has 0 atom stereocenters. The molecular weight excluding hydrogens is 186 g/mol. The molecule has 3 nitrogen and oxygen atoms in total. The first kappa shape index (κ1) is 9.99. The van der Waals surface area contributed by atoms with Crippen LogP contribution in [0.25, 0.3) is 0 Å². The van der Waals surface area contributed by atoms with Crippen molar-refractivity contribution in [1.29, 1.82) is 0 Å². The van der Waals surface area contributed by atoms with Crippen LogP contribution in [0.15, 0.2) is 18.7 Å². The molecule has 0 radical (unpaired) electrons. The smallest absolute Gasteiger partial charge is 0.134 e. The topological polar surface area (TPSA) is 29.0 Å². The van der Waals surface area contributed by atoms with Crippen LogP contribution in [0.1, 0.15) is 5.82 Å². The van der Waals surface area contributed by atoms with E-state index in [1.807, 2.05) is 24.9 Å². The zero-order chi connectivity index (χ0) is 9.84. The highest BCUT2D eigenvalue weighted by atomic mass is 35.5. The monoisotopic (exact) mass is 197 g/mol. The van der Waals surface area contributed by atoms with Crippen molar-refractivity contribution < 1.29 is 0 Å². The summed E-state index contributed by atoms with van der Waals surface area (Å²) < 4.78 is 0. The number of hydrogen-bond donors (Lipinski definition) is 0. The lowest BCUT2D eigenvalue weighted by atomic mass is 10.4. The summed E-state index contributed by atoms with van der Waals surface area (Å²) in [6.07, 6.45) is 1.81. The van der Waals surface area contributed by atoms with Gasteiger partial charge in [0.1, 0.15) is 16.8 Å². The molecule has 0 spiro atoms. The van der Waals surface area contributed by atoms with E-state index in [1.54, 1.807) is 6.07 Å². The average Bonchev–Trinajstić information content (AvgIpc) is 2.03. The Kier molecular flexibility index (Phi) is 3.25. The molecule has 0 fully saturated rings. The highest BCUT2D eigenvalue weighted by molar-refractivity contribution is 6.29. The van der Waals surface area contributed by atoms with Gasteiger partial charge in [-0.15, -0.1) is 6.58 Å². The summed E-state index contributed by atoms with van der Waals surface area (Å²) in [7, 11) is 1.93. The Morgan fingerprint density at radius 2 is 2.31 bits per heavy atom. The summed E-state index contributed by atoms with van der Waals surface area (Å²) >= 11 is 5.79. The number of hydrogen-bond acceptors (Lipinski definition) is 3. The van der Waals surface area contributed by atoms with Crippen molar-refractivity contribution in [2.24, 2.45) is 0 Å². The number of aromatic nitrogens is 2. The SMILES string of the molecule is C=CCN(C)c1cc(Cl)nc(C)n1. The van der Waals surface area contributed by atoms with Crippen molar-refractivity contribution in [1.82, 2.24) is 9.97 Å². The van der Waals surface area contributed by atoms with Crippen LogP contribution < -0.4 is 4.90 Å². The van der Waals surface area contributed by atoms with Gasteiger partial charge in [-0.05, 0) is 6.92 Å². The maximum Gasteiger partial charge on any atom is 0.134 e. The van der Waals surface area contributed by atoms with Crippen molar-refractivity contribution in [2.75, 3.05) is 18.5 Å². The van der Waals surface area contributed by atoms with E-state index in [4.69, 9.17) is 11.6 Å². The Morgan fingerprint density at radius 3 is 2.85 bits per heavy atom. The van der Waals surface area contributed by atoms with Gasteiger partial charge >= 0.3 is 0 Å². The molecule has 1 rings (SSSR count). The van der Waals surface area contributed by atoms with Crippen LogP contribution in [0.2, 0.25) is 5.15 Å². The minimum absolute atomic E-state index is 0.471. The molecule has 0 saturated heterocycles. The maximum atomic E-state index is 5.79. The van der Waals surface area contributed by atoms with Crippen LogP contribution in [-0.4, -0.2) is 23.6 Å². The highest BCUT2D eigenvalue weighted by Crippen LogP contribution is 2.14. The van der Waals surface area contributed by atoms with E-state index in [0.717, 1.165) is 12.4 Å². The molecule has 1 aromatic rings. The zero-order valence-electron chi connectivity index (χ0n) is 7.79. The molecule has 0 aliphatic heterocycles. The van der Waals surface area contributed by atoms with Crippen LogP contribution in [0, 0.1) is 6.92 Å². The van der Waals surface area contributed by atoms with Crippen LogP contribution in [0.4, 0.5) is 5.82 Å². The summed E-state index contributed by atoms with van der Waals surface area (Å²) in [5.74, 6) is 1.50. The molecule has 0 N–H and O–H groups in total. The summed E-state index contributed by atoms with van der Waals surface area (Å²) in [5, 5.41) is 0.471. The third-order valence-corrected chi connectivity index (χ3v) is 1.78. The van der Waals surface area contributed by atoms with Crippen molar-refractivity contribution in [2.45, 2.75) is 6.92 Å².